The van der Waals surface area contributed by atoms with Gasteiger partial charge in [-0.3, -0.25) is 0 Å². The van der Waals surface area contributed by atoms with Crippen LogP contribution in [0.1, 0.15) is 62.9 Å². The number of rotatable bonds is 5. The molecule has 0 atom stereocenters. The molecule has 0 bridgehead atoms. The molecule has 0 aromatic heterocycles. The van der Waals surface area contributed by atoms with Crippen molar-refractivity contribution in [3.05, 3.63) is 58.2 Å². The molecule has 0 saturated carbocycles. The maximum absolute atomic E-state index is 15.3. The maximum atomic E-state index is 15.3. The predicted octanol–water partition coefficient (Wildman–Crippen LogP) is 6.18. The van der Waals surface area contributed by atoms with Crippen molar-refractivity contribution in [1.82, 2.24) is 0 Å². The molecule has 26 heavy (non-hydrogen) atoms. The van der Waals surface area contributed by atoms with E-state index < -0.39 is 11.8 Å². The average Bonchev–Trinajstić information content (AvgIpc) is 2.58. The summed E-state index contributed by atoms with van der Waals surface area (Å²) in [5.41, 5.74) is 3.79. The first kappa shape index (κ1) is 20.0. The van der Waals surface area contributed by atoms with Crippen molar-refractivity contribution in [2.45, 2.75) is 47.0 Å². The molecule has 4 heteroatoms. The van der Waals surface area contributed by atoms with Gasteiger partial charge in [0.2, 0.25) is 0 Å². The Morgan fingerprint density at radius 2 is 2.00 bits per heavy atom. The molecule has 1 aromatic rings. The van der Waals surface area contributed by atoms with Gasteiger partial charge in [-0.2, -0.15) is 0 Å². The number of carboxylic acid groups (broad SMARTS) is 1. The summed E-state index contributed by atoms with van der Waals surface area (Å²) in [5, 5.41) is 9.11. The number of ether oxygens (including phenoxy) is 1. The Morgan fingerprint density at radius 3 is 2.54 bits per heavy atom. The van der Waals surface area contributed by atoms with E-state index in [2.05, 4.69) is 27.4 Å². The third-order valence-electron chi connectivity index (χ3n) is 5.23. The van der Waals surface area contributed by atoms with Gasteiger partial charge in [-0.1, -0.05) is 26.0 Å². The van der Waals surface area contributed by atoms with Crippen molar-refractivity contribution in [3.8, 4) is 5.75 Å². The van der Waals surface area contributed by atoms with Crippen LogP contribution >= 0.6 is 0 Å². The smallest absolute Gasteiger partial charge is 0.335 e. The molecule has 3 nitrogen and oxygen atoms in total. The van der Waals surface area contributed by atoms with E-state index >= 15 is 4.39 Å². The SMILES string of the molecule is C=C(C(C)=C(F)c1ccc(C(=O)O)cc1OC)C1=C(C)CCCC1(C)C. The van der Waals surface area contributed by atoms with Crippen molar-refractivity contribution < 1.29 is 19.0 Å². The van der Waals surface area contributed by atoms with Crippen molar-refractivity contribution in [1.29, 1.82) is 0 Å². The molecule has 0 amide bonds. The molecular formula is C22H27FO3. The zero-order valence-electron chi connectivity index (χ0n) is 16.2. The monoisotopic (exact) mass is 358 g/mol. The quantitative estimate of drug-likeness (QED) is 0.640. The van der Waals surface area contributed by atoms with Crippen LogP contribution < -0.4 is 4.74 Å². The van der Waals surface area contributed by atoms with E-state index in [4.69, 9.17) is 9.84 Å². The first-order valence-corrected chi connectivity index (χ1v) is 8.78. The number of methoxy groups -OCH3 is 1. The molecule has 2 rings (SSSR count). The van der Waals surface area contributed by atoms with Gasteiger partial charge >= 0.3 is 5.97 Å². The molecule has 1 aliphatic carbocycles. The normalized spacial score (nSPS) is 17.6. The number of hydrogen-bond acceptors (Lipinski definition) is 2. The van der Waals surface area contributed by atoms with Crippen LogP contribution in [0.15, 0.2) is 47.1 Å². The molecule has 1 aromatic carbocycles. The Bertz CT molecular complexity index is 813. The second kappa shape index (κ2) is 7.48. The van der Waals surface area contributed by atoms with Crippen LogP contribution in [0.2, 0.25) is 0 Å². The van der Waals surface area contributed by atoms with E-state index in [1.165, 1.54) is 30.9 Å². The third-order valence-corrected chi connectivity index (χ3v) is 5.23. The highest BCUT2D eigenvalue weighted by atomic mass is 19.1. The van der Waals surface area contributed by atoms with Gasteiger partial charge in [0, 0.05) is 0 Å². The fraction of sp³-hybridized carbons (Fsp3) is 0.409. The Kier molecular flexibility index (Phi) is 5.74. The Hall–Kier alpha value is -2.36. The van der Waals surface area contributed by atoms with Gasteiger partial charge in [-0.15, -0.1) is 0 Å². The summed E-state index contributed by atoms with van der Waals surface area (Å²) in [4.78, 5) is 11.1. The van der Waals surface area contributed by atoms with E-state index in [1.807, 2.05) is 0 Å². The Balaban J connectivity index is 2.53. The molecule has 0 spiro atoms. The van der Waals surface area contributed by atoms with Crippen LogP contribution in [-0.2, 0) is 0 Å². The highest BCUT2D eigenvalue weighted by Crippen LogP contribution is 2.46. The largest absolute Gasteiger partial charge is 0.496 e. The van der Waals surface area contributed by atoms with Gasteiger partial charge in [-0.05, 0) is 73.4 Å². The fourth-order valence-electron chi connectivity index (χ4n) is 3.82. The molecule has 1 N–H and O–H groups in total. The van der Waals surface area contributed by atoms with Crippen molar-refractivity contribution in [3.63, 3.8) is 0 Å². The maximum Gasteiger partial charge on any atom is 0.335 e. The molecular weight excluding hydrogens is 331 g/mol. The zero-order valence-corrected chi connectivity index (χ0v) is 16.2. The molecule has 1 aliphatic rings. The fourth-order valence-corrected chi connectivity index (χ4v) is 3.82. The van der Waals surface area contributed by atoms with Crippen LogP contribution in [0.25, 0.3) is 5.83 Å². The number of aromatic carboxylic acids is 1. The lowest BCUT2D eigenvalue weighted by atomic mass is 9.69. The second-order valence-electron chi connectivity index (χ2n) is 7.53. The van der Waals surface area contributed by atoms with Crippen LogP contribution in [0.5, 0.6) is 5.75 Å². The van der Waals surface area contributed by atoms with Crippen molar-refractivity contribution in [2.24, 2.45) is 5.41 Å². The lowest BCUT2D eigenvalue weighted by Crippen LogP contribution is -2.22. The van der Waals surface area contributed by atoms with Crippen molar-refractivity contribution in [2.75, 3.05) is 7.11 Å². The lowest BCUT2D eigenvalue weighted by molar-refractivity contribution is 0.0696. The van der Waals surface area contributed by atoms with E-state index in [-0.39, 0.29) is 22.3 Å². The Labute approximate surface area is 154 Å². The number of halogens is 1. The summed E-state index contributed by atoms with van der Waals surface area (Å²) in [6.07, 6.45) is 3.18. The molecule has 0 fully saturated rings. The topological polar surface area (TPSA) is 46.5 Å². The summed E-state index contributed by atoms with van der Waals surface area (Å²) < 4.78 is 20.5. The van der Waals surface area contributed by atoms with Gasteiger partial charge in [0.1, 0.15) is 11.6 Å². The van der Waals surface area contributed by atoms with Gasteiger partial charge < -0.3 is 9.84 Å². The highest BCUT2D eigenvalue weighted by molar-refractivity contribution is 5.89. The summed E-state index contributed by atoms with van der Waals surface area (Å²) in [6.45, 7) is 12.3. The second-order valence-corrected chi connectivity index (χ2v) is 7.53. The van der Waals surface area contributed by atoms with E-state index in [1.54, 1.807) is 6.92 Å². The highest BCUT2D eigenvalue weighted by Gasteiger charge is 2.31. The minimum Gasteiger partial charge on any atom is -0.496 e. The van der Waals surface area contributed by atoms with Crippen LogP contribution in [0.4, 0.5) is 4.39 Å². The number of carbonyl (C=O) groups is 1. The molecule has 0 aliphatic heterocycles. The van der Waals surface area contributed by atoms with Gasteiger partial charge in [0.15, 0.2) is 0 Å². The summed E-state index contributed by atoms with van der Waals surface area (Å²) >= 11 is 0. The number of benzene rings is 1. The average molecular weight is 358 g/mol. The van der Waals surface area contributed by atoms with E-state index in [0.717, 1.165) is 24.8 Å². The minimum absolute atomic E-state index is 0.0434. The third kappa shape index (κ3) is 3.74. The molecule has 0 heterocycles. The van der Waals surface area contributed by atoms with Gasteiger partial charge in [-0.25, -0.2) is 9.18 Å². The lowest BCUT2D eigenvalue weighted by Gasteiger charge is -2.36. The number of carboxylic acids is 1. The van der Waals surface area contributed by atoms with Gasteiger partial charge in [0.25, 0.3) is 0 Å². The van der Waals surface area contributed by atoms with E-state index in [0.29, 0.717) is 11.1 Å². The summed E-state index contributed by atoms with van der Waals surface area (Å²) in [5.74, 6) is -1.32. The summed E-state index contributed by atoms with van der Waals surface area (Å²) in [7, 11) is 1.40. The molecule has 0 radical (unpaired) electrons. The van der Waals surface area contributed by atoms with Crippen LogP contribution in [0.3, 0.4) is 0 Å². The number of hydrogen-bond donors (Lipinski definition) is 1. The zero-order chi connectivity index (χ0) is 19.6. The predicted molar refractivity (Wildman–Crippen MR) is 103 cm³/mol. The first-order chi connectivity index (χ1) is 12.1. The van der Waals surface area contributed by atoms with E-state index in [9.17, 15) is 4.79 Å². The summed E-state index contributed by atoms with van der Waals surface area (Å²) in [6, 6.07) is 4.16. The molecule has 140 valence electrons. The molecule has 0 saturated heterocycles. The first-order valence-electron chi connectivity index (χ1n) is 8.78. The Morgan fingerprint density at radius 1 is 1.35 bits per heavy atom. The van der Waals surface area contributed by atoms with Gasteiger partial charge in [0.05, 0.1) is 18.2 Å². The molecule has 0 unspecified atom stereocenters. The van der Waals surface area contributed by atoms with Crippen LogP contribution in [-0.4, -0.2) is 18.2 Å². The number of allylic oxidation sites excluding steroid dienone is 4. The van der Waals surface area contributed by atoms with Crippen molar-refractivity contribution >= 4 is 11.8 Å². The minimum atomic E-state index is -1.08. The standard InChI is InChI=1S/C22H27FO3/c1-13-8-7-11-22(4,5)19(13)14(2)15(3)20(23)17-10-9-16(21(24)25)12-18(17)26-6/h9-10,12H,2,7-8,11H2,1,3-6H3,(H,24,25). The van der Waals surface area contributed by atoms with Crippen LogP contribution in [0, 0.1) is 5.41 Å².